The molecule has 2 aliphatic rings. The number of hydrogen-bond acceptors (Lipinski definition) is 8. The summed E-state index contributed by atoms with van der Waals surface area (Å²) in [6.07, 6.45) is -1.79. The first-order valence-corrected chi connectivity index (χ1v) is 20.2. The van der Waals surface area contributed by atoms with Crippen molar-refractivity contribution in [1.29, 1.82) is 0 Å². The summed E-state index contributed by atoms with van der Waals surface area (Å²) >= 11 is 0. The molecule has 1 aromatic heterocycles. The van der Waals surface area contributed by atoms with Gasteiger partial charge in [0.2, 0.25) is 0 Å². The fourth-order valence-corrected chi connectivity index (χ4v) is 7.82. The number of rotatable bonds is 12. The second kappa shape index (κ2) is 19.0. The topological polar surface area (TPSA) is 124 Å². The van der Waals surface area contributed by atoms with Crippen LogP contribution in [0.2, 0.25) is 0 Å². The normalized spacial score (nSPS) is 18.1. The van der Waals surface area contributed by atoms with Gasteiger partial charge in [-0.1, -0.05) is 60.7 Å². The third-order valence-corrected chi connectivity index (χ3v) is 10.7. The lowest BCUT2D eigenvalue weighted by molar-refractivity contribution is -0.160. The molecular formula is C45H52F3N5O7. The Kier molecular flexibility index (Phi) is 13.9. The third-order valence-electron chi connectivity index (χ3n) is 10.7. The van der Waals surface area contributed by atoms with Gasteiger partial charge in [0.1, 0.15) is 35.8 Å². The summed E-state index contributed by atoms with van der Waals surface area (Å²) in [5, 5.41) is 0. The van der Waals surface area contributed by atoms with Gasteiger partial charge in [0.15, 0.2) is 6.10 Å². The van der Waals surface area contributed by atoms with Crippen LogP contribution in [0.4, 0.5) is 22.8 Å². The number of carbonyl (C=O) groups excluding carboxylic acids is 4. The van der Waals surface area contributed by atoms with E-state index in [0.717, 1.165) is 29.3 Å². The van der Waals surface area contributed by atoms with Crippen LogP contribution in [0, 0.1) is 23.5 Å². The number of nitrogens with zero attached hydrogens (tertiary/aromatic N) is 5. The highest BCUT2D eigenvalue weighted by Gasteiger charge is 2.45. The molecule has 0 N–H and O–H groups in total. The molecule has 0 radical (unpaired) electrons. The molecule has 4 unspecified atom stereocenters. The smallest absolute Gasteiger partial charge is 0.410 e. The first-order chi connectivity index (χ1) is 28.6. The Hall–Kier alpha value is -5.86. The molecule has 3 heterocycles. The summed E-state index contributed by atoms with van der Waals surface area (Å²) in [5.74, 6) is -3.76. The standard InChI is InChI=1S/C45H52F3N5O7/c1-29(59-30(2)54)42(55)53(25-34-24-52(26-38(34)48)44(57)60-45(3,4)5)40(33-18-20-50(21-19-33)43(56)58-28-32-14-10-7-11-15-32)41-49-39(36-22-35(46)16-17-37(36)47)27-51(41)23-31-12-8-6-9-13-31/h6-17,22,27,29,33-34,38,40H,18-21,23-26,28H2,1-5H3. The maximum atomic E-state index is 16.2. The molecule has 4 aromatic rings. The van der Waals surface area contributed by atoms with Gasteiger partial charge in [-0.05, 0) is 75.8 Å². The number of halogens is 3. The summed E-state index contributed by atoms with van der Waals surface area (Å²) in [4.78, 5) is 62.6. The van der Waals surface area contributed by atoms with E-state index in [1.165, 1.54) is 23.6 Å². The van der Waals surface area contributed by atoms with Crippen molar-refractivity contribution in [3.63, 3.8) is 0 Å². The Bertz CT molecular complexity index is 2120. The van der Waals surface area contributed by atoms with Crippen LogP contribution in [0.5, 0.6) is 0 Å². The van der Waals surface area contributed by atoms with Crippen LogP contribution in [-0.2, 0) is 37.0 Å². The first kappa shape index (κ1) is 43.7. The molecule has 60 heavy (non-hydrogen) atoms. The van der Waals surface area contributed by atoms with Gasteiger partial charge in [-0.25, -0.2) is 27.7 Å². The van der Waals surface area contributed by atoms with Gasteiger partial charge in [-0.3, -0.25) is 9.59 Å². The number of alkyl halides is 1. The molecule has 0 spiro atoms. The maximum absolute atomic E-state index is 16.2. The van der Waals surface area contributed by atoms with Crippen molar-refractivity contribution in [3.8, 4) is 11.3 Å². The predicted octanol–water partition coefficient (Wildman–Crippen LogP) is 7.95. The van der Waals surface area contributed by atoms with E-state index in [9.17, 15) is 23.6 Å². The summed E-state index contributed by atoms with van der Waals surface area (Å²) in [5.41, 5.74) is 0.847. The number of amides is 3. The highest BCUT2D eigenvalue weighted by molar-refractivity contribution is 5.83. The molecule has 0 aliphatic carbocycles. The Morgan fingerprint density at radius 1 is 0.883 bits per heavy atom. The van der Waals surface area contributed by atoms with E-state index >= 15 is 8.78 Å². The van der Waals surface area contributed by atoms with E-state index < -0.39 is 71.5 Å². The van der Waals surface area contributed by atoms with Gasteiger partial charge in [0.05, 0.1) is 18.3 Å². The number of carbonyl (C=O) groups is 4. The van der Waals surface area contributed by atoms with Crippen LogP contribution < -0.4 is 0 Å². The molecule has 2 aliphatic heterocycles. The van der Waals surface area contributed by atoms with Gasteiger partial charge in [-0.15, -0.1) is 0 Å². The average molecular weight is 832 g/mol. The van der Waals surface area contributed by atoms with Crippen molar-refractivity contribution in [1.82, 2.24) is 24.3 Å². The van der Waals surface area contributed by atoms with Crippen LogP contribution >= 0.6 is 0 Å². The number of hydrogen-bond donors (Lipinski definition) is 0. The molecule has 0 saturated carbocycles. The highest BCUT2D eigenvalue weighted by atomic mass is 19.1. The molecule has 4 atom stereocenters. The highest BCUT2D eigenvalue weighted by Crippen LogP contribution is 2.39. The molecule has 2 fully saturated rings. The van der Waals surface area contributed by atoms with Gasteiger partial charge in [-0.2, -0.15) is 0 Å². The number of imidazole rings is 1. The average Bonchev–Trinajstić information content (AvgIpc) is 3.80. The number of likely N-dealkylation sites (tertiary alicyclic amines) is 2. The van der Waals surface area contributed by atoms with Crippen molar-refractivity contribution in [2.75, 3.05) is 32.7 Å². The van der Waals surface area contributed by atoms with Crippen LogP contribution in [0.15, 0.2) is 85.1 Å². The van der Waals surface area contributed by atoms with Crippen LogP contribution in [0.25, 0.3) is 11.3 Å². The zero-order chi connectivity index (χ0) is 43.1. The summed E-state index contributed by atoms with van der Waals surface area (Å²) in [6, 6.07) is 20.8. The minimum absolute atomic E-state index is 0.0710. The van der Waals surface area contributed by atoms with Gasteiger partial charge in [0, 0.05) is 57.3 Å². The van der Waals surface area contributed by atoms with Crippen molar-refractivity contribution < 1.29 is 46.6 Å². The van der Waals surface area contributed by atoms with E-state index in [1.54, 1.807) is 36.4 Å². The van der Waals surface area contributed by atoms with Crippen molar-refractivity contribution >= 4 is 24.1 Å². The lowest BCUT2D eigenvalue weighted by Crippen LogP contribution is -2.50. The fraction of sp³-hybridized carbons (Fsp3) is 0.444. The number of aromatic nitrogens is 2. The molecule has 6 rings (SSSR count). The van der Waals surface area contributed by atoms with E-state index in [4.69, 9.17) is 19.2 Å². The second-order valence-electron chi connectivity index (χ2n) is 16.4. The maximum Gasteiger partial charge on any atom is 0.410 e. The fourth-order valence-electron chi connectivity index (χ4n) is 7.82. The minimum atomic E-state index is -1.56. The molecule has 0 bridgehead atoms. The molecular weight excluding hydrogens is 780 g/mol. The van der Waals surface area contributed by atoms with Crippen LogP contribution in [0.1, 0.15) is 70.5 Å². The minimum Gasteiger partial charge on any atom is -0.453 e. The Labute approximate surface area is 348 Å². The Morgan fingerprint density at radius 3 is 2.17 bits per heavy atom. The van der Waals surface area contributed by atoms with Crippen LogP contribution in [0.3, 0.4) is 0 Å². The summed E-state index contributed by atoms with van der Waals surface area (Å²) in [7, 11) is 0. The second-order valence-corrected chi connectivity index (χ2v) is 16.4. The van der Waals surface area contributed by atoms with Gasteiger partial charge >= 0.3 is 18.2 Å². The number of ether oxygens (including phenoxy) is 3. The molecule has 12 nitrogen and oxygen atoms in total. The van der Waals surface area contributed by atoms with E-state index in [0.29, 0.717) is 18.7 Å². The third kappa shape index (κ3) is 11.0. The molecule has 3 amide bonds. The lowest BCUT2D eigenvalue weighted by atomic mass is 9.86. The first-order valence-electron chi connectivity index (χ1n) is 20.2. The number of piperidine rings is 1. The number of esters is 1. The molecule has 2 saturated heterocycles. The van der Waals surface area contributed by atoms with Gasteiger partial charge < -0.3 is 33.5 Å². The molecule has 3 aromatic carbocycles. The summed E-state index contributed by atoms with van der Waals surface area (Å²) in [6.45, 7) is 7.95. The van der Waals surface area contributed by atoms with E-state index in [1.807, 2.05) is 60.7 Å². The van der Waals surface area contributed by atoms with Crippen molar-refractivity contribution in [3.05, 3.63) is 114 Å². The zero-order valence-corrected chi connectivity index (χ0v) is 34.6. The summed E-state index contributed by atoms with van der Waals surface area (Å²) < 4.78 is 64.6. The Morgan fingerprint density at radius 2 is 1.53 bits per heavy atom. The lowest BCUT2D eigenvalue weighted by Gasteiger charge is -2.42. The zero-order valence-electron chi connectivity index (χ0n) is 34.6. The van der Waals surface area contributed by atoms with E-state index in [2.05, 4.69) is 0 Å². The quantitative estimate of drug-likeness (QED) is 0.104. The number of benzene rings is 3. The predicted molar refractivity (Wildman–Crippen MR) is 216 cm³/mol. The van der Waals surface area contributed by atoms with Crippen molar-refractivity contribution in [2.45, 2.75) is 84.5 Å². The van der Waals surface area contributed by atoms with E-state index in [-0.39, 0.29) is 57.1 Å². The monoisotopic (exact) mass is 831 g/mol. The van der Waals surface area contributed by atoms with Crippen LogP contribution in [-0.4, -0.2) is 98.9 Å². The SMILES string of the molecule is CC(=O)OC(C)C(=O)N(CC1CN(C(=O)OC(C)(C)C)CC1F)C(c1nc(-c2cc(F)ccc2F)cn1Cc1ccccc1)C1CCN(C(=O)OCc2ccccc2)CC1. The molecule has 320 valence electrons. The molecule has 15 heteroatoms. The Balaban J connectivity index is 1.42. The van der Waals surface area contributed by atoms with Crippen molar-refractivity contribution in [2.24, 2.45) is 11.8 Å². The largest absolute Gasteiger partial charge is 0.453 e. The van der Waals surface area contributed by atoms with Gasteiger partial charge in [0.25, 0.3) is 5.91 Å².